The van der Waals surface area contributed by atoms with Crippen LogP contribution in [-0.4, -0.2) is 164 Å². The third-order valence-electron chi connectivity index (χ3n) is 13.3. The SMILES string of the molecule is C=CCN1C[C@H](C)C[C@@](C)(OC)[C@H](O[C@@H]2O[C@H](C)C[C@H](N(C)C)[C@H]2O)[C@@H](C)[C@H](O[C@H]2C[C@@](C)(OC)[C@@H](O)[C@H](C)O2)[C@@H](C)C(=O)O[C@H](CC)[C@@]2(C)OC(=O)O[C@@H]2[C@H]1C. The summed E-state index contributed by atoms with van der Waals surface area (Å²) < 4.78 is 56.9. The summed E-state index contributed by atoms with van der Waals surface area (Å²) in [6, 6.07) is -0.600. The molecule has 4 heterocycles. The predicted molar refractivity (Wildman–Crippen MR) is 211 cm³/mol. The lowest BCUT2D eigenvalue weighted by Gasteiger charge is -2.49. The van der Waals surface area contributed by atoms with Crippen molar-refractivity contribution in [1.29, 1.82) is 0 Å². The van der Waals surface area contributed by atoms with Crippen molar-refractivity contribution in [2.75, 3.05) is 41.4 Å². The van der Waals surface area contributed by atoms with Crippen molar-refractivity contribution in [2.24, 2.45) is 17.8 Å². The Kier molecular flexibility index (Phi) is 16.1. The molecular weight excluding hydrogens is 740 g/mol. The number of cyclic esters (lactones) is 1. The van der Waals surface area contributed by atoms with E-state index in [9.17, 15) is 19.8 Å². The highest BCUT2D eigenvalue weighted by atomic mass is 16.8. The summed E-state index contributed by atoms with van der Waals surface area (Å²) in [5.41, 5.74) is -3.35. The van der Waals surface area contributed by atoms with E-state index in [-0.39, 0.29) is 30.5 Å². The number of carbonyl (C=O) groups is 2. The van der Waals surface area contributed by atoms with Gasteiger partial charge in [-0.25, -0.2) is 4.79 Å². The maximum Gasteiger partial charge on any atom is 0.509 e. The van der Waals surface area contributed by atoms with Crippen LogP contribution < -0.4 is 0 Å². The molecule has 15 heteroatoms. The van der Waals surface area contributed by atoms with Gasteiger partial charge >= 0.3 is 12.1 Å². The highest BCUT2D eigenvalue weighted by Crippen LogP contribution is 2.42. The monoisotopic (exact) mass is 815 g/mol. The fourth-order valence-electron chi connectivity index (χ4n) is 9.80. The minimum Gasteiger partial charge on any atom is -0.458 e. The number of carbonyl (C=O) groups excluding carboxylic acids is 2. The lowest BCUT2D eigenvalue weighted by Crippen LogP contribution is -2.61. The van der Waals surface area contributed by atoms with Crippen LogP contribution in [0.3, 0.4) is 0 Å². The van der Waals surface area contributed by atoms with E-state index in [4.69, 9.17) is 42.6 Å². The van der Waals surface area contributed by atoms with Crippen LogP contribution in [0, 0.1) is 17.8 Å². The van der Waals surface area contributed by atoms with Gasteiger partial charge in [-0.1, -0.05) is 26.8 Å². The van der Waals surface area contributed by atoms with Crippen LogP contribution in [0.15, 0.2) is 12.7 Å². The first kappa shape index (κ1) is 47.8. The summed E-state index contributed by atoms with van der Waals surface area (Å²) in [4.78, 5) is 31.7. The van der Waals surface area contributed by atoms with E-state index in [0.717, 1.165) is 0 Å². The van der Waals surface area contributed by atoms with E-state index in [1.165, 1.54) is 7.11 Å². The zero-order chi connectivity index (χ0) is 42.8. The molecule has 0 aromatic heterocycles. The minimum absolute atomic E-state index is 0.0289. The van der Waals surface area contributed by atoms with Crippen LogP contribution >= 0.6 is 0 Å². The molecule has 0 unspecified atom stereocenters. The van der Waals surface area contributed by atoms with Gasteiger partial charge in [0.15, 0.2) is 24.3 Å². The molecular formula is C42H74N2O13. The third-order valence-corrected chi connectivity index (χ3v) is 13.3. The van der Waals surface area contributed by atoms with Crippen molar-refractivity contribution in [3.8, 4) is 0 Å². The van der Waals surface area contributed by atoms with Gasteiger partial charge in [-0.05, 0) is 87.7 Å². The Bertz CT molecular complexity index is 1360. The number of likely N-dealkylation sites (N-methyl/N-ethyl adjacent to an activating group) is 1. The van der Waals surface area contributed by atoms with Crippen LogP contribution in [0.25, 0.3) is 0 Å². The topological polar surface area (TPSA) is 164 Å². The van der Waals surface area contributed by atoms with E-state index in [0.29, 0.717) is 32.4 Å². The Morgan fingerprint density at radius 2 is 1.60 bits per heavy atom. The lowest BCUT2D eigenvalue weighted by atomic mass is 9.77. The smallest absolute Gasteiger partial charge is 0.458 e. The second kappa shape index (κ2) is 19.2. The maximum absolute atomic E-state index is 14.6. The summed E-state index contributed by atoms with van der Waals surface area (Å²) in [5, 5.41) is 22.8. The number of methoxy groups -OCH3 is 2. The number of hydrogen-bond acceptors (Lipinski definition) is 15. The molecule has 0 bridgehead atoms. The van der Waals surface area contributed by atoms with Gasteiger partial charge in [-0.15, -0.1) is 6.58 Å². The van der Waals surface area contributed by atoms with Crippen LogP contribution in [0.5, 0.6) is 0 Å². The van der Waals surface area contributed by atoms with E-state index in [1.807, 2.05) is 59.7 Å². The van der Waals surface area contributed by atoms with Crippen LogP contribution in [0.2, 0.25) is 0 Å². The van der Waals surface area contributed by atoms with Crippen LogP contribution in [0.4, 0.5) is 4.79 Å². The van der Waals surface area contributed by atoms with Crippen molar-refractivity contribution < 1.29 is 62.4 Å². The Balaban J connectivity index is 1.89. The first-order valence-corrected chi connectivity index (χ1v) is 20.8. The quantitative estimate of drug-likeness (QED) is 0.237. The fraction of sp³-hybridized carbons (Fsp3) is 0.905. The van der Waals surface area contributed by atoms with E-state index < -0.39 is 96.1 Å². The van der Waals surface area contributed by atoms with Gasteiger partial charge in [0.25, 0.3) is 0 Å². The molecule has 4 aliphatic rings. The lowest BCUT2D eigenvalue weighted by molar-refractivity contribution is -0.319. The molecule has 57 heavy (non-hydrogen) atoms. The second-order valence-corrected chi connectivity index (χ2v) is 18.0. The molecule has 4 aliphatic heterocycles. The largest absolute Gasteiger partial charge is 0.509 e. The first-order valence-electron chi connectivity index (χ1n) is 20.8. The summed E-state index contributed by atoms with van der Waals surface area (Å²) >= 11 is 0. The maximum atomic E-state index is 14.6. The molecule has 0 saturated carbocycles. The molecule has 0 spiro atoms. The standard InChI is InChI=1S/C42H74N2O13/c1-16-18-44-22-23(3)20-41(10,50-15)35(55-38-32(45)29(43(12)13)19-24(4)51-38)25(5)33(54-31-21-40(9,49-14)34(46)28(8)52-31)26(6)37(47)53-30(17-2)42(11)36(27(44)7)56-39(48)57-42/h16,23-36,38,45-46H,1,17-22H2,2-15H3/t23-,24-,25+,26-,27-,28+,29+,30-,31+,32-,33+,34+,35-,36-,38+,40-,41-,42-/m1/s1. The third kappa shape index (κ3) is 10.2. The van der Waals surface area contributed by atoms with Gasteiger partial charge in [0.05, 0.1) is 41.5 Å². The molecule has 0 aromatic rings. The molecule has 4 rings (SSSR count). The number of esters is 1. The Morgan fingerprint density at radius 1 is 0.947 bits per heavy atom. The summed E-state index contributed by atoms with van der Waals surface area (Å²) in [6.07, 6.45) is -5.58. The molecule has 2 N–H and O–H groups in total. The Morgan fingerprint density at radius 3 is 2.18 bits per heavy atom. The van der Waals surface area contributed by atoms with Crippen molar-refractivity contribution in [1.82, 2.24) is 9.80 Å². The number of ether oxygens (including phenoxy) is 9. The Hall–Kier alpha value is -1.92. The zero-order valence-electron chi connectivity index (χ0n) is 37.0. The predicted octanol–water partition coefficient (Wildman–Crippen LogP) is 4.29. The number of nitrogens with zero attached hydrogens (tertiary/aromatic N) is 2. The first-order chi connectivity index (χ1) is 26.6. The van der Waals surface area contributed by atoms with Gasteiger partial charge < -0.3 is 57.7 Å². The zero-order valence-corrected chi connectivity index (χ0v) is 37.0. The highest BCUT2D eigenvalue weighted by Gasteiger charge is 2.58. The number of aliphatic hydroxyl groups is 2. The average molecular weight is 815 g/mol. The van der Waals surface area contributed by atoms with Gasteiger partial charge in [0.1, 0.15) is 18.3 Å². The van der Waals surface area contributed by atoms with Gasteiger partial charge in [-0.2, -0.15) is 0 Å². The summed E-state index contributed by atoms with van der Waals surface area (Å²) in [6.45, 7) is 23.9. The van der Waals surface area contributed by atoms with E-state index >= 15 is 0 Å². The highest BCUT2D eigenvalue weighted by molar-refractivity contribution is 5.73. The number of rotatable bonds is 10. The van der Waals surface area contributed by atoms with Crippen molar-refractivity contribution in [3.05, 3.63) is 12.7 Å². The molecule has 330 valence electrons. The van der Waals surface area contributed by atoms with E-state index in [1.54, 1.807) is 34.8 Å². The number of fused-ring (bicyclic) bond motifs is 1. The fourth-order valence-corrected chi connectivity index (χ4v) is 9.80. The van der Waals surface area contributed by atoms with Crippen LogP contribution in [-0.2, 0) is 47.4 Å². The number of aliphatic hydroxyl groups excluding tert-OH is 2. The minimum atomic E-state index is -1.31. The van der Waals surface area contributed by atoms with Crippen molar-refractivity contribution >= 4 is 12.1 Å². The molecule has 0 amide bonds. The van der Waals surface area contributed by atoms with Crippen molar-refractivity contribution in [2.45, 2.75) is 185 Å². The summed E-state index contributed by atoms with van der Waals surface area (Å²) in [7, 11) is 7.01. The second-order valence-electron chi connectivity index (χ2n) is 18.0. The summed E-state index contributed by atoms with van der Waals surface area (Å²) in [5.74, 6) is -2.19. The van der Waals surface area contributed by atoms with Gasteiger partial charge in [0.2, 0.25) is 0 Å². The molecule has 4 fully saturated rings. The van der Waals surface area contributed by atoms with Crippen LogP contribution in [0.1, 0.15) is 94.9 Å². The molecule has 15 nitrogen and oxygen atoms in total. The Labute approximate surface area is 340 Å². The van der Waals surface area contributed by atoms with E-state index in [2.05, 4.69) is 18.4 Å². The molecule has 18 atom stereocenters. The molecule has 4 saturated heterocycles. The molecule has 0 aliphatic carbocycles. The normalized spacial score (nSPS) is 46.9. The average Bonchev–Trinajstić information content (AvgIpc) is 3.47. The van der Waals surface area contributed by atoms with Crippen molar-refractivity contribution in [3.63, 3.8) is 0 Å². The van der Waals surface area contributed by atoms with Gasteiger partial charge in [0, 0.05) is 51.7 Å². The molecule has 0 radical (unpaired) electrons. The molecule has 0 aromatic carbocycles. The van der Waals surface area contributed by atoms with Gasteiger partial charge in [-0.3, -0.25) is 9.69 Å². The number of hydrogen-bond donors (Lipinski definition) is 2.